The van der Waals surface area contributed by atoms with E-state index in [2.05, 4.69) is 0 Å². The van der Waals surface area contributed by atoms with Crippen LogP contribution in [0.3, 0.4) is 0 Å². The van der Waals surface area contributed by atoms with E-state index in [4.69, 9.17) is 23.2 Å². The van der Waals surface area contributed by atoms with Gasteiger partial charge in [0, 0.05) is 0 Å². The Morgan fingerprint density at radius 3 is 1.43 bits per heavy atom. The fraction of sp³-hybridized carbons (Fsp3) is 0.250. The number of aromatic nitrogens is 2. The zero-order chi connectivity index (χ0) is 10.6. The summed E-state index contributed by atoms with van der Waals surface area (Å²) < 4.78 is 2.37. The topological polar surface area (TPSA) is 43.0 Å². The van der Waals surface area contributed by atoms with Crippen molar-refractivity contribution in [1.82, 2.24) is 9.03 Å². The molecule has 4 nitrogen and oxygen atoms in total. The number of halogens is 2. The first-order valence-electron chi connectivity index (χ1n) is 3.88. The molecule has 0 amide bonds. The van der Waals surface area contributed by atoms with Crippen molar-refractivity contribution in [1.29, 1.82) is 0 Å². The molecule has 0 radical (unpaired) electrons. The predicted molar refractivity (Wildman–Crippen MR) is 54.1 cm³/mol. The fourth-order valence-electron chi connectivity index (χ4n) is 1.47. The molecule has 0 aromatic carbocycles. The molecule has 2 aromatic heterocycles. The molecule has 0 N–H and O–H groups in total. The van der Waals surface area contributed by atoms with Crippen LogP contribution in [-0.2, 0) is 0 Å². The van der Waals surface area contributed by atoms with E-state index < -0.39 is 11.1 Å². The standard InChI is InChI=1S/C8H6Cl2N2O2/c1-3-5(9)7(13)12-4(2)6(10)8(14)11(3)12/h1-2H3. The average molecular weight is 233 g/mol. The van der Waals surface area contributed by atoms with Crippen LogP contribution in [0, 0.1) is 13.8 Å². The van der Waals surface area contributed by atoms with Crippen molar-refractivity contribution in [2.24, 2.45) is 0 Å². The van der Waals surface area contributed by atoms with Crippen LogP contribution in [0.15, 0.2) is 9.59 Å². The van der Waals surface area contributed by atoms with Crippen LogP contribution in [0.25, 0.3) is 0 Å². The van der Waals surface area contributed by atoms with Crippen molar-refractivity contribution in [2.45, 2.75) is 13.8 Å². The highest BCUT2D eigenvalue weighted by molar-refractivity contribution is 6.32. The molecule has 0 saturated heterocycles. The Labute approximate surface area is 88.6 Å². The Hall–Kier alpha value is -1.00. The van der Waals surface area contributed by atoms with E-state index in [-0.39, 0.29) is 10.0 Å². The Bertz CT molecular complexity index is 570. The zero-order valence-electron chi connectivity index (χ0n) is 7.47. The number of hydrogen-bond acceptors (Lipinski definition) is 2. The van der Waals surface area contributed by atoms with Gasteiger partial charge in [-0.15, -0.1) is 0 Å². The first kappa shape index (κ1) is 9.55. The highest BCUT2D eigenvalue weighted by Gasteiger charge is 2.19. The number of fused-ring (bicyclic) bond motifs is 1. The SMILES string of the molecule is Cc1c(Cl)c(=O)n2c(C)c(Cl)c(=O)n12. The van der Waals surface area contributed by atoms with Crippen molar-refractivity contribution in [2.75, 3.05) is 0 Å². The van der Waals surface area contributed by atoms with Crippen LogP contribution < -0.4 is 11.1 Å². The van der Waals surface area contributed by atoms with E-state index in [1.165, 1.54) is 9.03 Å². The maximum Gasteiger partial charge on any atom is 0.290 e. The van der Waals surface area contributed by atoms with Crippen molar-refractivity contribution < 1.29 is 0 Å². The lowest BCUT2D eigenvalue weighted by Crippen LogP contribution is -2.15. The van der Waals surface area contributed by atoms with Gasteiger partial charge in [0.1, 0.15) is 10.0 Å². The summed E-state index contributed by atoms with van der Waals surface area (Å²) in [7, 11) is 0. The van der Waals surface area contributed by atoms with Crippen molar-refractivity contribution >= 4 is 23.2 Å². The maximum atomic E-state index is 11.5. The third-order valence-corrected chi connectivity index (χ3v) is 3.10. The fourth-order valence-corrected chi connectivity index (χ4v) is 1.79. The number of nitrogens with zero attached hydrogens (tertiary/aromatic N) is 2. The molecular formula is C8H6Cl2N2O2. The summed E-state index contributed by atoms with van der Waals surface area (Å²) >= 11 is 11.4. The van der Waals surface area contributed by atoms with Gasteiger partial charge in [-0.25, -0.2) is 9.03 Å². The van der Waals surface area contributed by atoms with Gasteiger partial charge in [0.05, 0.1) is 11.4 Å². The van der Waals surface area contributed by atoms with E-state index in [0.29, 0.717) is 11.4 Å². The molecule has 2 aromatic rings. The second kappa shape index (κ2) is 2.74. The molecule has 0 aliphatic rings. The zero-order valence-corrected chi connectivity index (χ0v) is 8.98. The smallest absolute Gasteiger partial charge is 0.266 e. The minimum Gasteiger partial charge on any atom is -0.266 e. The molecule has 14 heavy (non-hydrogen) atoms. The largest absolute Gasteiger partial charge is 0.290 e. The van der Waals surface area contributed by atoms with Crippen molar-refractivity contribution in [3.8, 4) is 0 Å². The second-order valence-electron chi connectivity index (χ2n) is 3.03. The molecule has 0 bridgehead atoms. The van der Waals surface area contributed by atoms with Gasteiger partial charge in [-0.05, 0) is 13.8 Å². The molecule has 2 rings (SSSR count). The maximum absolute atomic E-state index is 11.5. The van der Waals surface area contributed by atoms with Gasteiger partial charge < -0.3 is 0 Å². The molecule has 0 aliphatic heterocycles. The summed E-state index contributed by atoms with van der Waals surface area (Å²) in [6.07, 6.45) is 0. The lowest BCUT2D eigenvalue weighted by Gasteiger charge is -1.88. The van der Waals surface area contributed by atoms with Crippen molar-refractivity contribution in [3.63, 3.8) is 0 Å². The highest BCUT2D eigenvalue weighted by Crippen LogP contribution is 2.14. The Morgan fingerprint density at radius 2 is 1.14 bits per heavy atom. The van der Waals surface area contributed by atoms with Crippen LogP contribution >= 0.6 is 23.2 Å². The summed E-state index contributed by atoms with van der Waals surface area (Å²) in [6.45, 7) is 3.20. The van der Waals surface area contributed by atoms with Crippen LogP contribution in [0.1, 0.15) is 11.4 Å². The van der Waals surface area contributed by atoms with Gasteiger partial charge in [0.15, 0.2) is 0 Å². The van der Waals surface area contributed by atoms with E-state index in [1.54, 1.807) is 13.8 Å². The normalized spacial score (nSPS) is 11.4. The molecule has 6 heteroatoms. The lowest BCUT2D eigenvalue weighted by molar-refractivity contribution is 0.768. The summed E-state index contributed by atoms with van der Waals surface area (Å²) in [5.41, 5.74) is 0.00432. The molecular weight excluding hydrogens is 227 g/mol. The first-order valence-corrected chi connectivity index (χ1v) is 4.64. The van der Waals surface area contributed by atoms with E-state index in [0.717, 1.165) is 0 Å². The van der Waals surface area contributed by atoms with Gasteiger partial charge in [0.2, 0.25) is 0 Å². The molecule has 0 atom stereocenters. The van der Waals surface area contributed by atoms with E-state index in [1.807, 2.05) is 0 Å². The van der Waals surface area contributed by atoms with Crippen molar-refractivity contribution in [3.05, 3.63) is 42.1 Å². The summed E-state index contributed by atoms with van der Waals surface area (Å²) in [5, 5.41) is 0.115. The van der Waals surface area contributed by atoms with Gasteiger partial charge >= 0.3 is 0 Å². The third-order valence-electron chi connectivity index (χ3n) is 2.23. The molecule has 0 saturated carbocycles. The number of rotatable bonds is 0. The third kappa shape index (κ3) is 0.898. The summed E-state index contributed by atoms with van der Waals surface area (Å²) in [6, 6.07) is 0. The quantitative estimate of drug-likeness (QED) is 0.684. The molecule has 0 fully saturated rings. The monoisotopic (exact) mass is 232 g/mol. The van der Waals surface area contributed by atoms with Gasteiger partial charge in [-0.2, -0.15) is 0 Å². The Balaban J connectivity index is 3.25. The predicted octanol–water partition coefficient (Wildman–Crippen LogP) is 1.12. The van der Waals surface area contributed by atoms with E-state index >= 15 is 0 Å². The van der Waals surface area contributed by atoms with Gasteiger partial charge in [0.25, 0.3) is 11.1 Å². The first-order chi connectivity index (χ1) is 6.46. The highest BCUT2D eigenvalue weighted by atomic mass is 35.5. The molecule has 74 valence electrons. The van der Waals surface area contributed by atoms with Crippen LogP contribution in [-0.4, -0.2) is 9.03 Å². The molecule has 0 aliphatic carbocycles. The summed E-state index contributed by atoms with van der Waals surface area (Å²) in [4.78, 5) is 23.1. The van der Waals surface area contributed by atoms with Crippen LogP contribution in [0.2, 0.25) is 10.0 Å². The summed E-state index contributed by atoms with van der Waals surface area (Å²) in [5.74, 6) is 0. The Kier molecular flexibility index (Phi) is 1.87. The molecule has 0 unspecified atom stereocenters. The molecule has 2 heterocycles. The van der Waals surface area contributed by atoms with E-state index in [9.17, 15) is 9.59 Å². The second-order valence-corrected chi connectivity index (χ2v) is 3.79. The van der Waals surface area contributed by atoms with Crippen LogP contribution in [0.4, 0.5) is 0 Å². The number of hydrogen-bond donors (Lipinski definition) is 0. The Morgan fingerprint density at radius 1 is 0.857 bits per heavy atom. The minimum atomic E-state index is -0.411. The average Bonchev–Trinajstić information content (AvgIpc) is 2.51. The molecule has 0 spiro atoms. The van der Waals surface area contributed by atoms with Gasteiger partial charge in [-0.3, -0.25) is 9.59 Å². The number of aryl methyl sites for hydroxylation is 2. The van der Waals surface area contributed by atoms with Crippen LogP contribution in [0.5, 0.6) is 0 Å². The lowest BCUT2D eigenvalue weighted by atomic mass is 10.4. The minimum absolute atomic E-state index is 0.0573. The van der Waals surface area contributed by atoms with Gasteiger partial charge in [-0.1, -0.05) is 23.2 Å².